The molecular weight excluding hydrogens is 268 g/mol. The summed E-state index contributed by atoms with van der Waals surface area (Å²) in [5, 5.41) is 2.37. The highest BCUT2D eigenvalue weighted by Gasteiger charge is 2.22. The van der Waals surface area contributed by atoms with Crippen molar-refractivity contribution in [2.45, 2.75) is 6.61 Å². The van der Waals surface area contributed by atoms with Crippen LogP contribution in [0.1, 0.15) is 15.9 Å². The third-order valence-electron chi connectivity index (χ3n) is 2.59. The Balaban J connectivity index is 2.19. The first-order valence-corrected chi connectivity index (χ1v) is 5.66. The summed E-state index contributed by atoms with van der Waals surface area (Å²) in [7, 11) is 0. The SMILES string of the molecule is O=Nc1ccc(F)c(C(=O)OCc2ccccc2)c1F. The molecule has 0 bridgehead atoms. The van der Waals surface area contributed by atoms with Crippen LogP contribution in [0.15, 0.2) is 47.6 Å². The van der Waals surface area contributed by atoms with Crippen LogP contribution in [0.5, 0.6) is 0 Å². The summed E-state index contributed by atoms with van der Waals surface area (Å²) in [4.78, 5) is 22.0. The van der Waals surface area contributed by atoms with Crippen molar-refractivity contribution in [1.82, 2.24) is 0 Å². The topological polar surface area (TPSA) is 55.7 Å². The average Bonchev–Trinajstić information content (AvgIpc) is 2.46. The molecule has 0 radical (unpaired) electrons. The second-order valence-electron chi connectivity index (χ2n) is 3.91. The number of benzene rings is 2. The highest BCUT2D eigenvalue weighted by molar-refractivity contribution is 5.91. The number of nitroso groups, excluding NO2 is 1. The van der Waals surface area contributed by atoms with Gasteiger partial charge in [0.05, 0.1) is 0 Å². The minimum atomic E-state index is -1.32. The standard InChI is InChI=1S/C14H9F2NO3/c15-10-6-7-11(17-19)13(16)12(10)14(18)20-8-9-4-2-1-3-5-9/h1-7H,8H2. The minimum absolute atomic E-state index is 0.128. The van der Waals surface area contributed by atoms with Crippen molar-refractivity contribution in [3.8, 4) is 0 Å². The molecule has 0 aliphatic rings. The van der Waals surface area contributed by atoms with E-state index in [0.717, 1.165) is 12.1 Å². The number of ether oxygens (including phenoxy) is 1. The highest BCUT2D eigenvalue weighted by Crippen LogP contribution is 2.24. The Hall–Kier alpha value is -2.63. The first kappa shape index (κ1) is 13.8. The van der Waals surface area contributed by atoms with Gasteiger partial charge >= 0.3 is 5.97 Å². The first-order valence-electron chi connectivity index (χ1n) is 5.66. The van der Waals surface area contributed by atoms with Crippen LogP contribution in [0, 0.1) is 16.5 Å². The molecule has 4 nitrogen and oxygen atoms in total. The fourth-order valence-electron chi connectivity index (χ4n) is 1.59. The maximum atomic E-state index is 13.7. The van der Waals surface area contributed by atoms with Crippen molar-refractivity contribution >= 4 is 11.7 Å². The number of rotatable bonds is 4. The lowest BCUT2D eigenvalue weighted by Crippen LogP contribution is -2.10. The van der Waals surface area contributed by atoms with Crippen molar-refractivity contribution < 1.29 is 18.3 Å². The molecule has 102 valence electrons. The van der Waals surface area contributed by atoms with Crippen LogP contribution in [0.3, 0.4) is 0 Å². The molecule has 20 heavy (non-hydrogen) atoms. The summed E-state index contributed by atoms with van der Waals surface area (Å²) in [5.41, 5.74) is -0.887. The largest absolute Gasteiger partial charge is 0.457 e. The molecule has 0 atom stereocenters. The summed E-state index contributed by atoms with van der Waals surface area (Å²) in [6.45, 7) is -0.128. The number of hydrogen-bond acceptors (Lipinski definition) is 4. The third-order valence-corrected chi connectivity index (χ3v) is 2.59. The van der Waals surface area contributed by atoms with E-state index in [1.165, 1.54) is 0 Å². The van der Waals surface area contributed by atoms with E-state index in [-0.39, 0.29) is 6.61 Å². The lowest BCUT2D eigenvalue weighted by molar-refractivity contribution is 0.0461. The van der Waals surface area contributed by atoms with Gasteiger partial charge in [-0.25, -0.2) is 13.6 Å². The molecular formula is C14H9F2NO3. The summed E-state index contributed by atoms with van der Waals surface area (Å²) in [5.74, 6) is -3.61. The molecule has 0 spiro atoms. The maximum Gasteiger partial charge on any atom is 0.344 e. The number of carbonyl (C=O) groups excluding carboxylic acids is 1. The van der Waals surface area contributed by atoms with Gasteiger partial charge in [0.25, 0.3) is 0 Å². The van der Waals surface area contributed by atoms with Crippen LogP contribution in [0.2, 0.25) is 0 Å². The van der Waals surface area contributed by atoms with Gasteiger partial charge < -0.3 is 4.74 Å². The predicted molar refractivity (Wildman–Crippen MR) is 67.4 cm³/mol. The Labute approximate surface area is 113 Å². The zero-order valence-corrected chi connectivity index (χ0v) is 10.2. The summed E-state index contributed by atoms with van der Waals surface area (Å²) in [6, 6.07) is 10.3. The molecule has 0 saturated heterocycles. The minimum Gasteiger partial charge on any atom is -0.457 e. The average molecular weight is 277 g/mol. The van der Waals surface area contributed by atoms with Crippen molar-refractivity contribution in [1.29, 1.82) is 0 Å². The molecule has 6 heteroatoms. The van der Waals surface area contributed by atoms with E-state index in [1.807, 2.05) is 0 Å². The molecule has 0 aliphatic carbocycles. The molecule has 0 fully saturated rings. The first-order chi connectivity index (χ1) is 9.63. The van der Waals surface area contributed by atoms with Gasteiger partial charge in [-0.05, 0) is 22.9 Å². The van der Waals surface area contributed by atoms with Crippen molar-refractivity contribution in [2.75, 3.05) is 0 Å². The monoisotopic (exact) mass is 277 g/mol. The van der Waals surface area contributed by atoms with Crippen LogP contribution in [-0.2, 0) is 11.3 Å². The van der Waals surface area contributed by atoms with Crippen molar-refractivity contribution in [3.05, 3.63) is 70.1 Å². The lowest BCUT2D eigenvalue weighted by atomic mass is 10.1. The number of carbonyl (C=O) groups is 1. The van der Waals surface area contributed by atoms with Gasteiger partial charge in [-0.1, -0.05) is 30.3 Å². The van der Waals surface area contributed by atoms with E-state index in [0.29, 0.717) is 5.56 Å². The fourth-order valence-corrected chi connectivity index (χ4v) is 1.59. The molecule has 2 aromatic rings. The maximum absolute atomic E-state index is 13.7. The lowest BCUT2D eigenvalue weighted by Gasteiger charge is -2.07. The van der Waals surface area contributed by atoms with E-state index in [2.05, 4.69) is 5.18 Å². The Morgan fingerprint density at radius 1 is 1.10 bits per heavy atom. The summed E-state index contributed by atoms with van der Waals surface area (Å²) in [6.07, 6.45) is 0. The molecule has 2 rings (SSSR count). The van der Waals surface area contributed by atoms with Gasteiger partial charge in [-0.15, -0.1) is 4.91 Å². The Bertz CT molecular complexity index is 644. The zero-order chi connectivity index (χ0) is 14.5. The third kappa shape index (κ3) is 2.85. The van der Waals surface area contributed by atoms with Crippen LogP contribution in [0.4, 0.5) is 14.5 Å². The van der Waals surface area contributed by atoms with E-state index >= 15 is 0 Å². The molecule has 2 aromatic carbocycles. The zero-order valence-electron chi connectivity index (χ0n) is 10.2. The summed E-state index contributed by atoms with van der Waals surface area (Å²) >= 11 is 0. The van der Waals surface area contributed by atoms with Gasteiger partial charge in [0.2, 0.25) is 0 Å². The molecule has 0 unspecified atom stereocenters. The molecule has 0 saturated carbocycles. The fraction of sp³-hybridized carbons (Fsp3) is 0.0714. The van der Waals surface area contributed by atoms with Crippen LogP contribution in [0.25, 0.3) is 0 Å². The van der Waals surface area contributed by atoms with E-state index in [4.69, 9.17) is 4.74 Å². The number of halogens is 2. The molecule has 0 aromatic heterocycles. The second kappa shape index (κ2) is 6.01. The molecule has 0 N–H and O–H groups in total. The number of nitrogens with zero attached hydrogens (tertiary/aromatic N) is 1. The highest BCUT2D eigenvalue weighted by atomic mass is 19.1. The smallest absolute Gasteiger partial charge is 0.344 e. The van der Waals surface area contributed by atoms with Crippen molar-refractivity contribution in [3.63, 3.8) is 0 Å². The quantitative estimate of drug-likeness (QED) is 0.632. The Morgan fingerprint density at radius 3 is 2.45 bits per heavy atom. The number of esters is 1. The van der Waals surface area contributed by atoms with Gasteiger partial charge in [0.15, 0.2) is 5.82 Å². The molecule has 0 heterocycles. The van der Waals surface area contributed by atoms with Crippen LogP contribution < -0.4 is 0 Å². The van der Waals surface area contributed by atoms with E-state index < -0.39 is 28.9 Å². The van der Waals surface area contributed by atoms with Gasteiger partial charge in [0, 0.05) is 0 Å². The summed E-state index contributed by atoms with van der Waals surface area (Å²) < 4.78 is 31.9. The Kier molecular flexibility index (Phi) is 4.14. The normalized spacial score (nSPS) is 10.1. The Morgan fingerprint density at radius 2 is 1.80 bits per heavy atom. The van der Waals surface area contributed by atoms with Crippen LogP contribution in [-0.4, -0.2) is 5.97 Å². The molecule has 0 amide bonds. The molecule has 0 aliphatic heterocycles. The van der Waals surface area contributed by atoms with E-state index in [1.54, 1.807) is 30.3 Å². The van der Waals surface area contributed by atoms with Crippen LogP contribution >= 0.6 is 0 Å². The second-order valence-corrected chi connectivity index (χ2v) is 3.91. The van der Waals surface area contributed by atoms with Gasteiger partial charge in [-0.3, -0.25) is 0 Å². The van der Waals surface area contributed by atoms with E-state index in [9.17, 15) is 18.5 Å². The van der Waals surface area contributed by atoms with Crippen molar-refractivity contribution in [2.24, 2.45) is 5.18 Å². The number of hydrogen-bond donors (Lipinski definition) is 0. The van der Waals surface area contributed by atoms with Gasteiger partial charge in [0.1, 0.15) is 23.7 Å². The van der Waals surface area contributed by atoms with Gasteiger partial charge in [-0.2, -0.15) is 0 Å². The predicted octanol–water partition coefficient (Wildman–Crippen LogP) is 3.72.